The van der Waals surface area contributed by atoms with Gasteiger partial charge in [-0.2, -0.15) is 18.4 Å². The molecule has 0 fully saturated rings. The average molecular weight is 487 g/mol. The fourth-order valence-electron chi connectivity index (χ4n) is 2.27. The number of fused-ring (bicyclic) bond motifs is 1. The van der Waals surface area contributed by atoms with Gasteiger partial charge in [0.15, 0.2) is 5.13 Å². The highest BCUT2D eigenvalue weighted by Gasteiger charge is 2.34. The molecule has 0 saturated heterocycles. The van der Waals surface area contributed by atoms with Gasteiger partial charge in [-0.05, 0) is 36.8 Å². The second-order valence-electron chi connectivity index (χ2n) is 5.58. The van der Waals surface area contributed by atoms with Crippen LogP contribution in [0, 0.1) is 18.3 Å². The number of nitriles is 1. The lowest BCUT2D eigenvalue weighted by molar-refractivity contribution is -0.141. The Hall–Kier alpha value is -2.16. The van der Waals surface area contributed by atoms with E-state index in [1.807, 2.05) is 18.2 Å². The SMILES string of the molecule is Cc1cc(C(F)(F)F)nc(SCC(=O)Nc2nc3ccc(Br)cc3s2)c1C#N. The van der Waals surface area contributed by atoms with E-state index in [-0.39, 0.29) is 21.9 Å². The Bertz CT molecular complexity index is 1110. The lowest BCUT2D eigenvalue weighted by Crippen LogP contribution is -2.15. The molecule has 0 aliphatic rings. The summed E-state index contributed by atoms with van der Waals surface area (Å²) in [6.07, 6.45) is -4.63. The minimum atomic E-state index is -4.63. The van der Waals surface area contributed by atoms with E-state index in [0.29, 0.717) is 5.13 Å². The molecule has 1 N–H and O–H groups in total. The smallest absolute Gasteiger partial charge is 0.301 e. The topological polar surface area (TPSA) is 78.7 Å². The molecule has 11 heteroatoms. The van der Waals surface area contributed by atoms with Crippen LogP contribution in [0.3, 0.4) is 0 Å². The summed E-state index contributed by atoms with van der Waals surface area (Å²) < 4.78 is 40.6. The first-order chi connectivity index (χ1) is 13.2. The van der Waals surface area contributed by atoms with Crippen LogP contribution in [0.25, 0.3) is 10.2 Å². The van der Waals surface area contributed by atoms with Crippen LogP contribution in [-0.2, 0) is 11.0 Å². The second-order valence-corrected chi connectivity index (χ2v) is 8.49. The number of rotatable bonds is 4. The number of nitrogens with zero attached hydrogens (tertiary/aromatic N) is 3. The van der Waals surface area contributed by atoms with Crippen LogP contribution in [-0.4, -0.2) is 21.6 Å². The van der Waals surface area contributed by atoms with Gasteiger partial charge in [-0.25, -0.2) is 9.97 Å². The maximum atomic E-state index is 13.0. The van der Waals surface area contributed by atoms with Crippen molar-refractivity contribution in [3.05, 3.63) is 45.6 Å². The first kappa shape index (κ1) is 20.6. The zero-order valence-corrected chi connectivity index (χ0v) is 17.3. The molecule has 1 aromatic carbocycles. The number of anilines is 1. The third-order valence-corrected chi connectivity index (χ3v) is 5.92. The van der Waals surface area contributed by atoms with E-state index < -0.39 is 17.8 Å². The van der Waals surface area contributed by atoms with Crippen LogP contribution >= 0.6 is 39.0 Å². The summed E-state index contributed by atoms with van der Waals surface area (Å²) >= 11 is 5.41. The fraction of sp³-hybridized carbons (Fsp3) is 0.176. The molecule has 0 aliphatic heterocycles. The Morgan fingerprint density at radius 1 is 1.36 bits per heavy atom. The third-order valence-electron chi connectivity index (χ3n) is 3.52. The number of aryl methyl sites for hydroxylation is 1. The van der Waals surface area contributed by atoms with Crippen LogP contribution in [0.15, 0.2) is 33.8 Å². The summed E-state index contributed by atoms with van der Waals surface area (Å²) in [6.45, 7) is 1.40. The van der Waals surface area contributed by atoms with E-state index in [0.717, 1.165) is 32.5 Å². The van der Waals surface area contributed by atoms with Crippen molar-refractivity contribution < 1.29 is 18.0 Å². The molecule has 0 unspecified atom stereocenters. The summed E-state index contributed by atoms with van der Waals surface area (Å²) in [4.78, 5) is 20.0. The van der Waals surface area contributed by atoms with Crippen molar-refractivity contribution in [3.63, 3.8) is 0 Å². The average Bonchev–Trinajstić information content (AvgIpc) is 2.99. The van der Waals surface area contributed by atoms with Gasteiger partial charge < -0.3 is 5.32 Å². The van der Waals surface area contributed by atoms with Gasteiger partial charge >= 0.3 is 6.18 Å². The molecule has 0 saturated carbocycles. The lowest BCUT2D eigenvalue weighted by atomic mass is 10.1. The maximum Gasteiger partial charge on any atom is 0.433 e. The number of hydrogen-bond donors (Lipinski definition) is 1. The molecule has 2 aromatic heterocycles. The standard InChI is InChI=1S/C17H10BrF3N4OS2/c1-8-4-13(17(19,20)21)24-15(10(8)6-22)27-7-14(26)25-16-23-11-3-2-9(18)5-12(11)28-16/h2-5H,7H2,1H3,(H,23,25,26). The van der Waals surface area contributed by atoms with Gasteiger partial charge in [-0.1, -0.05) is 39.0 Å². The number of benzene rings is 1. The van der Waals surface area contributed by atoms with Crippen molar-refractivity contribution in [2.75, 3.05) is 11.1 Å². The Morgan fingerprint density at radius 3 is 2.79 bits per heavy atom. The van der Waals surface area contributed by atoms with Crippen molar-refractivity contribution in [1.29, 1.82) is 5.26 Å². The molecule has 1 amide bonds. The van der Waals surface area contributed by atoms with E-state index in [9.17, 15) is 23.2 Å². The van der Waals surface area contributed by atoms with E-state index >= 15 is 0 Å². The monoisotopic (exact) mass is 486 g/mol. The zero-order valence-electron chi connectivity index (χ0n) is 14.1. The van der Waals surface area contributed by atoms with Crippen LogP contribution in [0.4, 0.5) is 18.3 Å². The molecule has 2 heterocycles. The minimum absolute atomic E-state index is 0.0237. The van der Waals surface area contributed by atoms with Crippen LogP contribution in [0.2, 0.25) is 0 Å². The Morgan fingerprint density at radius 2 is 2.11 bits per heavy atom. The van der Waals surface area contributed by atoms with Gasteiger partial charge in [0.25, 0.3) is 0 Å². The highest BCUT2D eigenvalue weighted by Crippen LogP contribution is 2.33. The van der Waals surface area contributed by atoms with Gasteiger partial charge in [0.1, 0.15) is 16.8 Å². The summed E-state index contributed by atoms with van der Waals surface area (Å²) in [5, 5.41) is 12.1. The predicted molar refractivity (Wildman–Crippen MR) is 105 cm³/mol. The van der Waals surface area contributed by atoms with Crippen molar-refractivity contribution >= 4 is 60.3 Å². The number of pyridine rings is 1. The highest BCUT2D eigenvalue weighted by molar-refractivity contribution is 9.10. The number of thiazole rings is 1. The molecule has 144 valence electrons. The number of alkyl halides is 3. The van der Waals surface area contributed by atoms with Crippen molar-refractivity contribution in [3.8, 4) is 6.07 Å². The van der Waals surface area contributed by atoms with Gasteiger partial charge in [0.2, 0.25) is 5.91 Å². The number of thioether (sulfide) groups is 1. The molecule has 3 aromatic rings. The van der Waals surface area contributed by atoms with E-state index in [4.69, 9.17) is 0 Å². The molecular formula is C17H10BrF3N4OS2. The van der Waals surface area contributed by atoms with E-state index in [1.165, 1.54) is 18.3 Å². The summed E-state index contributed by atoms with van der Waals surface area (Å²) in [7, 11) is 0. The summed E-state index contributed by atoms with van der Waals surface area (Å²) in [6, 6.07) is 8.16. The van der Waals surface area contributed by atoms with Crippen LogP contribution in [0.5, 0.6) is 0 Å². The predicted octanol–water partition coefficient (Wildman–Crippen LogP) is 5.38. The molecule has 3 rings (SSSR count). The number of aromatic nitrogens is 2. The number of carbonyl (C=O) groups excluding carboxylic acids is 1. The Labute approximate surface area is 174 Å². The van der Waals surface area contributed by atoms with Crippen molar-refractivity contribution in [1.82, 2.24) is 9.97 Å². The molecule has 0 bridgehead atoms. The maximum absolute atomic E-state index is 13.0. The Balaban J connectivity index is 1.74. The van der Waals surface area contributed by atoms with Crippen molar-refractivity contribution in [2.45, 2.75) is 18.1 Å². The fourth-order valence-corrected chi connectivity index (χ4v) is 4.56. The van der Waals surface area contributed by atoms with Gasteiger partial charge in [0, 0.05) is 4.47 Å². The largest absolute Gasteiger partial charge is 0.433 e. The number of halogens is 4. The molecule has 0 radical (unpaired) electrons. The van der Waals surface area contributed by atoms with E-state index in [1.54, 1.807) is 6.07 Å². The molecule has 28 heavy (non-hydrogen) atoms. The summed E-state index contributed by atoms with van der Waals surface area (Å²) in [5.41, 5.74) is -0.193. The molecular weight excluding hydrogens is 477 g/mol. The summed E-state index contributed by atoms with van der Waals surface area (Å²) in [5.74, 6) is -0.661. The number of nitrogens with one attached hydrogen (secondary N) is 1. The molecule has 0 spiro atoms. The highest BCUT2D eigenvalue weighted by atomic mass is 79.9. The second kappa shape index (κ2) is 8.06. The van der Waals surface area contributed by atoms with Crippen LogP contribution < -0.4 is 5.32 Å². The Kier molecular flexibility index (Phi) is 5.92. The first-order valence-corrected chi connectivity index (χ1v) is 10.2. The molecule has 0 aliphatic carbocycles. The normalized spacial score (nSPS) is 11.4. The molecule has 5 nitrogen and oxygen atoms in total. The lowest BCUT2D eigenvalue weighted by Gasteiger charge is -2.11. The minimum Gasteiger partial charge on any atom is -0.301 e. The number of carbonyl (C=O) groups is 1. The molecule has 0 atom stereocenters. The van der Waals surface area contributed by atoms with Gasteiger partial charge in [0.05, 0.1) is 21.5 Å². The first-order valence-electron chi connectivity index (χ1n) is 7.65. The quantitative estimate of drug-likeness (QED) is 0.500. The van der Waals surface area contributed by atoms with Gasteiger partial charge in [-0.15, -0.1) is 0 Å². The number of hydrogen-bond acceptors (Lipinski definition) is 6. The third kappa shape index (κ3) is 4.63. The van der Waals surface area contributed by atoms with Crippen molar-refractivity contribution in [2.24, 2.45) is 0 Å². The number of amides is 1. The van der Waals surface area contributed by atoms with E-state index in [2.05, 4.69) is 31.2 Å². The zero-order chi connectivity index (χ0) is 20.5. The van der Waals surface area contributed by atoms with Crippen LogP contribution in [0.1, 0.15) is 16.8 Å². The van der Waals surface area contributed by atoms with Gasteiger partial charge in [-0.3, -0.25) is 4.79 Å².